The number of hydrogen-bond acceptors (Lipinski definition) is 10. The van der Waals surface area contributed by atoms with E-state index in [2.05, 4.69) is 245 Å². The van der Waals surface area contributed by atoms with E-state index in [-0.39, 0.29) is 21.9 Å². The van der Waals surface area contributed by atoms with Crippen molar-refractivity contribution in [3.63, 3.8) is 0 Å². The van der Waals surface area contributed by atoms with Crippen LogP contribution in [0.15, 0.2) is 204 Å². The number of carbonyl (C=O) groups excluding carboxylic acids is 1. The summed E-state index contributed by atoms with van der Waals surface area (Å²) in [5.41, 5.74) is 6.61. The number of anilines is 1. The summed E-state index contributed by atoms with van der Waals surface area (Å²) in [5, 5.41) is 17.7. The second-order valence-corrected chi connectivity index (χ2v) is 39.9. The molecule has 3 atom stereocenters. The molecule has 3 heterocycles. The number of allylic oxidation sites excluding steroid dienone is 1. The monoisotopic (exact) mass is 1490 g/mol. The van der Waals surface area contributed by atoms with E-state index in [1.165, 1.54) is 27.7 Å². The van der Waals surface area contributed by atoms with Crippen LogP contribution in [0.25, 0.3) is 21.8 Å². The Bertz CT molecular complexity index is 3740. The van der Waals surface area contributed by atoms with Gasteiger partial charge in [-0.05, 0) is 136 Å². The molecule has 0 bridgehead atoms. The molecule has 0 fully saturated rings. The standard InChI is InChI=1S/C25H34O3Si.C24H33BrOSi.C14H20N2O3S.C14H12N2.2ClH.Ni/c1-20(21(2)26)19-22(27)13-12-18-28-29(25(3,4)5,23-14-8-6-9-15-23)24-16-10-7-11-17-24;1-20(19-21(2)25)13-12-18-26-27(24(3,4)5,22-14-8-6-9-15-22)23-16-10-7-11-17-23;1-9(2)12-8-19-14(15-12)11-7-5-6-10(3)13(11)16-20(4,17)18;1-9-3-5-11-7-8-12-6-4-10(2)16-14(12)13(11)15-9;;;/h6-11,14-17,22,27H,1,12-13,18-19H2,2-5H3;6-11,14-17,20H,2,12-13,18-19H2,1,3-5H3;5-7,9,12,16H,8H2,1-4H3;3-8H,1-2H3;2*1H;/q;;;;;;+2/p-2/t22-;20-;12-;;;;/m001..../s1. The number of nitrogens with one attached hydrogen (secondary N) is 1. The Labute approximate surface area is 592 Å². The number of aliphatic hydroxyl groups excluding tert-OH is 1. The van der Waals surface area contributed by atoms with E-state index in [9.17, 15) is 18.3 Å². The molecule has 0 saturated carbocycles. The number of benzene rings is 6. The van der Waals surface area contributed by atoms with Crippen molar-refractivity contribution in [3.05, 3.63) is 222 Å². The van der Waals surface area contributed by atoms with E-state index in [1.807, 2.05) is 63.2 Å². The van der Waals surface area contributed by atoms with E-state index < -0.39 is 32.8 Å². The van der Waals surface area contributed by atoms with Gasteiger partial charge in [-0.25, -0.2) is 13.4 Å². The van der Waals surface area contributed by atoms with Gasteiger partial charge in [0, 0.05) is 41.8 Å². The zero-order valence-electron chi connectivity index (χ0n) is 57.9. The molecule has 1 aliphatic rings. The Balaban J connectivity index is 0.000000230. The van der Waals surface area contributed by atoms with Crippen molar-refractivity contribution in [2.75, 3.05) is 30.8 Å². The number of rotatable bonds is 23. The van der Waals surface area contributed by atoms with Crippen molar-refractivity contribution in [3.8, 4) is 0 Å². The van der Waals surface area contributed by atoms with E-state index in [0.29, 0.717) is 73.3 Å². The fourth-order valence-corrected chi connectivity index (χ4v) is 22.1. The topological polar surface area (TPSA) is 149 Å². The van der Waals surface area contributed by atoms with Gasteiger partial charge < -0.3 is 18.7 Å². The van der Waals surface area contributed by atoms with Gasteiger partial charge in [-0.15, -0.1) is 0 Å². The normalized spacial score (nSPS) is 13.9. The number of nitrogens with zero attached hydrogens (tertiary/aromatic N) is 3. The predicted molar refractivity (Wildman–Crippen MR) is 407 cm³/mol. The number of ketones is 1. The Kier molecular flexibility index (Phi) is 32.0. The Morgan fingerprint density at radius 1 is 0.663 bits per heavy atom. The number of ether oxygens (including phenoxy) is 1. The van der Waals surface area contributed by atoms with Crippen LogP contribution in [0.3, 0.4) is 0 Å². The maximum atomic E-state index is 11.5. The van der Waals surface area contributed by atoms with Crippen LogP contribution in [0.1, 0.15) is 130 Å². The molecule has 0 spiro atoms. The summed E-state index contributed by atoms with van der Waals surface area (Å²) >= 11 is 4.05. The van der Waals surface area contributed by atoms with E-state index in [4.69, 9.17) is 34.0 Å². The molecule has 1 aliphatic heterocycles. The van der Waals surface area contributed by atoms with Gasteiger partial charge in [0.25, 0.3) is 16.6 Å². The quantitative estimate of drug-likeness (QED) is 0.0276. The van der Waals surface area contributed by atoms with Crippen LogP contribution in [0, 0.1) is 32.6 Å². The van der Waals surface area contributed by atoms with Gasteiger partial charge in [0.2, 0.25) is 15.9 Å². The van der Waals surface area contributed by atoms with Crippen molar-refractivity contribution >= 4 is 123 Å². The minimum atomic E-state index is -3.34. The van der Waals surface area contributed by atoms with Gasteiger partial charge >= 0.3 is 33.0 Å². The molecule has 6 aromatic carbocycles. The molecule has 2 N–H and O–H groups in total. The fraction of sp³-hybridized carbons (Fsp3) is 0.377. The van der Waals surface area contributed by atoms with Gasteiger partial charge in [0.15, 0.2) is 5.78 Å². The first-order valence-corrected chi connectivity index (χ1v) is 41.5. The number of sulfonamides is 1. The van der Waals surface area contributed by atoms with E-state index >= 15 is 0 Å². The van der Waals surface area contributed by atoms with E-state index in [0.717, 1.165) is 81.8 Å². The molecule has 0 unspecified atom stereocenters. The number of Topliss-reactive ketones (excluding diaryl/α,β-unsaturated/α-hetero) is 1. The van der Waals surface area contributed by atoms with Crippen LogP contribution in [-0.4, -0.2) is 90.0 Å². The van der Waals surface area contributed by atoms with Crippen LogP contribution in [0.4, 0.5) is 5.69 Å². The third kappa shape index (κ3) is 23.5. The van der Waals surface area contributed by atoms with Crippen molar-refractivity contribution in [2.45, 2.75) is 151 Å². The van der Waals surface area contributed by atoms with Crippen LogP contribution in [0.2, 0.25) is 10.1 Å². The molecule has 2 aromatic heterocycles. The van der Waals surface area contributed by atoms with Crippen LogP contribution >= 0.6 is 36.3 Å². The number of para-hydroxylation sites is 1. The average molecular weight is 1490 g/mol. The first-order chi connectivity index (χ1) is 44.9. The first kappa shape index (κ1) is 80.1. The van der Waals surface area contributed by atoms with Crippen LogP contribution < -0.4 is 25.5 Å². The molecule has 18 heteroatoms. The van der Waals surface area contributed by atoms with Gasteiger partial charge in [0.05, 0.1) is 40.7 Å². The molecular weight excluding hydrogens is 1390 g/mol. The molecule has 0 amide bonds. The molecule has 11 nitrogen and oxygen atoms in total. The molecule has 514 valence electrons. The second-order valence-electron chi connectivity index (χ2n) is 26.7. The van der Waals surface area contributed by atoms with Crippen LogP contribution in [0.5, 0.6) is 0 Å². The molecule has 0 saturated heterocycles. The number of hydrogen-bond donors (Lipinski definition) is 2. The summed E-state index contributed by atoms with van der Waals surface area (Å²) in [7, 11) is 1.16. The summed E-state index contributed by atoms with van der Waals surface area (Å²) in [6, 6.07) is 60.9. The third-order valence-electron chi connectivity index (χ3n) is 16.6. The van der Waals surface area contributed by atoms with Crippen molar-refractivity contribution in [2.24, 2.45) is 16.8 Å². The fourth-order valence-electron chi connectivity index (χ4n) is 11.7. The van der Waals surface area contributed by atoms with Gasteiger partial charge in [0.1, 0.15) is 6.61 Å². The molecule has 9 rings (SSSR count). The van der Waals surface area contributed by atoms with Crippen molar-refractivity contribution in [1.29, 1.82) is 0 Å². The van der Waals surface area contributed by atoms with Crippen molar-refractivity contribution < 1.29 is 44.6 Å². The Hall–Kier alpha value is -5.62. The second kappa shape index (κ2) is 37.9. The number of carbonyl (C=O) groups is 1. The molecule has 95 heavy (non-hydrogen) atoms. The summed E-state index contributed by atoms with van der Waals surface area (Å²) < 4.78 is 46.0. The molecule has 0 aliphatic carbocycles. The van der Waals surface area contributed by atoms with Gasteiger partial charge in [-0.2, -0.15) is 0 Å². The number of pyridine rings is 2. The number of aryl methyl sites for hydroxylation is 3. The first-order valence-electron chi connectivity index (χ1n) is 32.3. The molecule has 0 radical (unpaired) electrons. The Morgan fingerprint density at radius 3 is 1.42 bits per heavy atom. The maximum absolute atomic E-state index is 11.5. The molecule has 8 aromatic rings. The zero-order valence-corrected chi connectivity index (χ0v) is 64.8. The predicted octanol–water partition coefficient (Wildman–Crippen LogP) is 17.5. The molecular formula is C77H99BrCl2N4NiO7SSi2. The van der Waals surface area contributed by atoms with Crippen LogP contribution in [-0.2, 0) is 41.1 Å². The number of aliphatic imine (C=N–C) groups is 1. The number of halogens is 3. The minimum absolute atomic E-state index is 0.0471. The van der Waals surface area contributed by atoms with Gasteiger partial charge in [-0.3, -0.25) is 19.5 Å². The number of aromatic nitrogens is 2. The number of aliphatic hydroxyl groups is 1. The Morgan fingerprint density at radius 2 is 1.06 bits per heavy atom. The third-order valence-corrected chi connectivity index (χ3v) is 27.6. The SMILES string of the molecule is C=C(Br)C[C@@H](C)CCCO[Si](c1ccccc1)(c1ccccc1)C(C)(C)C.C=C(C[C@@H](O)CCCO[Si](c1ccccc1)(c1ccccc1)C(C)(C)C)C(C)=O.Cc1ccc2ccc3ccc(C)nc3c2n1.Cc1cccc(C2=N[C@@H](C(C)C)CO2)c1NS(C)(=O)=O.[Cl][Ni][Cl]. The zero-order chi connectivity index (χ0) is 70.2. The summed E-state index contributed by atoms with van der Waals surface area (Å²) in [4.78, 5) is 25.0. The summed E-state index contributed by atoms with van der Waals surface area (Å²) in [5.74, 6) is 1.47. The van der Waals surface area contributed by atoms with E-state index in [1.54, 1.807) is 0 Å². The average Bonchev–Trinajstić information content (AvgIpc) is 1.23. The van der Waals surface area contributed by atoms with Crippen molar-refractivity contribution in [1.82, 2.24) is 9.97 Å². The number of fused-ring (bicyclic) bond motifs is 3. The summed E-state index contributed by atoms with van der Waals surface area (Å²) in [6.45, 7) is 37.2. The summed E-state index contributed by atoms with van der Waals surface area (Å²) in [6.07, 6.45) is 5.48. The van der Waals surface area contributed by atoms with Gasteiger partial charge in [-0.1, -0.05) is 249 Å².